The molecule has 0 saturated heterocycles. The number of halogens is 1. The Morgan fingerprint density at radius 2 is 2.00 bits per heavy atom. The Labute approximate surface area is 117 Å². The lowest BCUT2D eigenvalue weighted by molar-refractivity contribution is 0.410. The van der Waals surface area contributed by atoms with Crippen molar-refractivity contribution in [2.75, 3.05) is 7.11 Å². The average molecular weight is 325 g/mol. The number of methoxy groups -OCH3 is 1. The number of benzene rings is 1. The minimum Gasteiger partial charge on any atom is -0.496 e. The van der Waals surface area contributed by atoms with Crippen molar-refractivity contribution in [3.05, 3.63) is 60.3 Å². The Morgan fingerprint density at radius 1 is 1.26 bits per heavy atom. The Morgan fingerprint density at radius 3 is 2.63 bits per heavy atom. The van der Waals surface area contributed by atoms with Gasteiger partial charge in [0.2, 0.25) is 0 Å². The van der Waals surface area contributed by atoms with Crippen LogP contribution in [-0.2, 0) is 6.42 Å². The molecule has 0 aliphatic heterocycles. The van der Waals surface area contributed by atoms with Crippen molar-refractivity contribution in [1.82, 2.24) is 9.97 Å². The molecular formula is C13H13BrN2O3. The van der Waals surface area contributed by atoms with Crippen molar-refractivity contribution >= 4 is 15.9 Å². The zero-order valence-electron chi connectivity index (χ0n) is 10.5. The van der Waals surface area contributed by atoms with Crippen LogP contribution in [0, 0.1) is 6.92 Å². The van der Waals surface area contributed by atoms with E-state index in [1.54, 1.807) is 14.0 Å². The molecule has 0 bridgehead atoms. The first-order valence-electron chi connectivity index (χ1n) is 5.65. The molecule has 1 heterocycles. The van der Waals surface area contributed by atoms with Crippen LogP contribution in [0.4, 0.5) is 0 Å². The van der Waals surface area contributed by atoms with Crippen molar-refractivity contribution in [2.45, 2.75) is 13.3 Å². The van der Waals surface area contributed by atoms with Crippen LogP contribution in [0.15, 0.2) is 32.3 Å². The van der Waals surface area contributed by atoms with Gasteiger partial charge in [0.25, 0.3) is 5.56 Å². The SMILES string of the molecule is COc1ccc(Br)cc1Cc1c(C)[nH]c(=O)[nH]c1=O. The Kier molecular flexibility index (Phi) is 3.90. The standard InChI is InChI=1S/C13H13BrN2O3/c1-7-10(12(17)16-13(18)15-7)6-8-5-9(14)3-4-11(8)19-2/h3-5H,6H2,1-2H3,(H2,15,16,17,18). The molecule has 19 heavy (non-hydrogen) atoms. The van der Waals surface area contributed by atoms with Gasteiger partial charge < -0.3 is 9.72 Å². The molecule has 100 valence electrons. The van der Waals surface area contributed by atoms with Crippen LogP contribution in [-0.4, -0.2) is 17.1 Å². The zero-order chi connectivity index (χ0) is 14.0. The van der Waals surface area contributed by atoms with Crippen LogP contribution in [0.1, 0.15) is 16.8 Å². The Balaban J connectivity index is 2.50. The quantitative estimate of drug-likeness (QED) is 0.902. The molecule has 0 unspecified atom stereocenters. The van der Waals surface area contributed by atoms with E-state index in [1.807, 2.05) is 18.2 Å². The van der Waals surface area contributed by atoms with Crippen molar-refractivity contribution in [2.24, 2.45) is 0 Å². The molecule has 0 amide bonds. The summed E-state index contributed by atoms with van der Waals surface area (Å²) in [5, 5.41) is 0. The highest BCUT2D eigenvalue weighted by Gasteiger charge is 2.11. The van der Waals surface area contributed by atoms with Gasteiger partial charge in [-0.25, -0.2) is 4.79 Å². The summed E-state index contributed by atoms with van der Waals surface area (Å²) in [5.41, 5.74) is 1.10. The zero-order valence-corrected chi connectivity index (χ0v) is 12.1. The van der Waals surface area contributed by atoms with Gasteiger partial charge in [-0.2, -0.15) is 0 Å². The van der Waals surface area contributed by atoms with Crippen molar-refractivity contribution < 1.29 is 4.74 Å². The second kappa shape index (κ2) is 5.44. The largest absolute Gasteiger partial charge is 0.496 e. The van der Waals surface area contributed by atoms with Crippen LogP contribution in [0.2, 0.25) is 0 Å². The summed E-state index contributed by atoms with van der Waals surface area (Å²) in [6, 6.07) is 5.59. The maximum absolute atomic E-state index is 11.8. The van der Waals surface area contributed by atoms with Gasteiger partial charge in [0, 0.05) is 22.2 Å². The fraction of sp³-hybridized carbons (Fsp3) is 0.231. The third-order valence-corrected chi connectivity index (χ3v) is 3.36. The number of rotatable bonds is 3. The molecule has 0 radical (unpaired) electrons. The van der Waals surface area contributed by atoms with Crippen LogP contribution >= 0.6 is 15.9 Å². The van der Waals surface area contributed by atoms with E-state index in [0.29, 0.717) is 23.4 Å². The van der Waals surface area contributed by atoms with E-state index in [9.17, 15) is 9.59 Å². The van der Waals surface area contributed by atoms with Crippen LogP contribution in [0.5, 0.6) is 5.75 Å². The lowest BCUT2D eigenvalue weighted by Crippen LogP contribution is -2.27. The molecule has 2 N–H and O–H groups in total. The van der Waals surface area contributed by atoms with Gasteiger partial charge in [-0.1, -0.05) is 15.9 Å². The minimum absolute atomic E-state index is 0.372. The monoisotopic (exact) mass is 324 g/mol. The normalized spacial score (nSPS) is 10.5. The van der Waals surface area contributed by atoms with E-state index >= 15 is 0 Å². The summed E-state index contributed by atoms with van der Waals surface area (Å²) in [6.07, 6.45) is 0.389. The highest BCUT2D eigenvalue weighted by atomic mass is 79.9. The first-order chi connectivity index (χ1) is 9.01. The maximum atomic E-state index is 11.8. The van der Waals surface area contributed by atoms with E-state index in [2.05, 4.69) is 25.9 Å². The first kappa shape index (κ1) is 13.6. The predicted molar refractivity (Wildman–Crippen MR) is 75.9 cm³/mol. The third kappa shape index (κ3) is 2.96. The lowest BCUT2D eigenvalue weighted by Gasteiger charge is -2.09. The van der Waals surface area contributed by atoms with Crippen molar-refractivity contribution in [1.29, 1.82) is 0 Å². The smallest absolute Gasteiger partial charge is 0.325 e. The first-order valence-corrected chi connectivity index (χ1v) is 6.45. The van der Waals surface area contributed by atoms with Gasteiger partial charge in [-0.3, -0.25) is 9.78 Å². The fourth-order valence-corrected chi connectivity index (χ4v) is 2.32. The topological polar surface area (TPSA) is 75.0 Å². The van der Waals surface area contributed by atoms with E-state index in [4.69, 9.17) is 4.74 Å². The molecule has 0 fully saturated rings. The molecule has 2 rings (SSSR count). The summed E-state index contributed by atoms with van der Waals surface area (Å²) < 4.78 is 6.18. The molecule has 1 aromatic heterocycles. The summed E-state index contributed by atoms with van der Waals surface area (Å²) in [5.74, 6) is 0.702. The Bertz CT molecular complexity index is 719. The van der Waals surface area contributed by atoms with Crippen molar-refractivity contribution in [3.8, 4) is 5.75 Å². The molecule has 2 aromatic rings. The summed E-state index contributed by atoms with van der Waals surface area (Å²) >= 11 is 3.39. The molecule has 0 atom stereocenters. The van der Waals surface area contributed by atoms with Gasteiger partial charge in [0.1, 0.15) is 5.75 Å². The summed E-state index contributed by atoms with van der Waals surface area (Å²) in [4.78, 5) is 27.8. The van der Waals surface area contributed by atoms with Crippen LogP contribution in [0.3, 0.4) is 0 Å². The minimum atomic E-state index is -0.493. The third-order valence-electron chi connectivity index (χ3n) is 2.86. The number of aromatic nitrogens is 2. The van der Waals surface area contributed by atoms with Gasteiger partial charge in [0.05, 0.1) is 7.11 Å². The van der Waals surface area contributed by atoms with E-state index in [-0.39, 0.29) is 5.56 Å². The molecule has 0 aliphatic carbocycles. The number of hydrogen-bond donors (Lipinski definition) is 2. The highest BCUT2D eigenvalue weighted by Crippen LogP contribution is 2.24. The number of hydrogen-bond acceptors (Lipinski definition) is 3. The summed E-state index contributed by atoms with van der Waals surface area (Å²) in [7, 11) is 1.58. The lowest BCUT2D eigenvalue weighted by atomic mass is 10.0. The van der Waals surface area contributed by atoms with Gasteiger partial charge in [0.15, 0.2) is 0 Å². The molecule has 0 aliphatic rings. The Hall–Kier alpha value is -1.82. The van der Waals surface area contributed by atoms with E-state index < -0.39 is 5.69 Å². The number of aromatic amines is 2. The molecule has 1 aromatic carbocycles. The molecular weight excluding hydrogens is 312 g/mol. The average Bonchev–Trinajstić information content (AvgIpc) is 2.34. The molecule has 5 nitrogen and oxygen atoms in total. The molecule has 0 saturated carbocycles. The molecule has 0 spiro atoms. The second-order valence-corrected chi connectivity index (χ2v) is 5.06. The fourth-order valence-electron chi connectivity index (χ4n) is 1.91. The highest BCUT2D eigenvalue weighted by molar-refractivity contribution is 9.10. The van der Waals surface area contributed by atoms with Crippen LogP contribution < -0.4 is 16.0 Å². The second-order valence-electron chi connectivity index (χ2n) is 4.14. The van der Waals surface area contributed by atoms with Gasteiger partial charge >= 0.3 is 5.69 Å². The van der Waals surface area contributed by atoms with Crippen LogP contribution in [0.25, 0.3) is 0 Å². The number of aryl methyl sites for hydroxylation is 1. The van der Waals surface area contributed by atoms with Gasteiger partial charge in [-0.05, 0) is 30.7 Å². The van der Waals surface area contributed by atoms with E-state index in [0.717, 1.165) is 10.0 Å². The predicted octanol–water partition coefficient (Wildman–Crippen LogP) is 1.73. The summed E-state index contributed by atoms with van der Waals surface area (Å²) in [6.45, 7) is 1.70. The number of ether oxygens (including phenoxy) is 1. The van der Waals surface area contributed by atoms with Gasteiger partial charge in [-0.15, -0.1) is 0 Å². The number of H-pyrrole nitrogens is 2. The van der Waals surface area contributed by atoms with E-state index in [1.165, 1.54) is 0 Å². The van der Waals surface area contributed by atoms with Crippen molar-refractivity contribution in [3.63, 3.8) is 0 Å². The number of nitrogens with one attached hydrogen (secondary N) is 2. The maximum Gasteiger partial charge on any atom is 0.325 e. The molecule has 6 heteroatoms.